The lowest BCUT2D eigenvalue weighted by atomic mass is 10.1. The number of ether oxygens (including phenoxy) is 1. The summed E-state index contributed by atoms with van der Waals surface area (Å²) in [5.74, 6) is -0.231. The molecular formula is C23H29N3O3. The van der Waals surface area contributed by atoms with Crippen LogP contribution >= 0.6 is 0 Å². The van der Waals surface area contributed by atoms with Crippen LogP contribution in [0.1, 0.15) is 32.7 Å². The molecule has 1 fully saturated rings. The molecule has 6 heteroatoms. The fraction of sp³-hybridized carbons (Fsp3) is 0.391. The average Bonchev–Trinajstić information content (AvgIpc) is 2.78. The molecule has 29 heavy (non-hydrogen) atoms. The molecule has 0 atom stereocenters. The Bertz CT molecular complexity index is 772. The molecule has 0 bridgehead atoms. The molecule has 1 saturated heterocycles. The number of carbonyl (C=O) groups excluding carboxylic acids is 2. The smallest absolute Gasteiger partial charge is 0.251 e. The number of morpholine rings is 1. The Morgan fingerprint density at radius 2 is 1.41 bits per heavy atom. The Kier molecular flexibility index (Phi) is 8.22. The summed E-state index contributed by atoms with van der Waals surface area (Å²) in [4.78, 5) is 26.8. The van der Waals surface area contributed by atoms with Gasteiger partial charge in [-0.15, -0.1) is 0 Å². The van der Waals surface area contributed by atoms with E-state index in [-0.39, 0.29) is 11.8 Å². The van der Waals surface area contributed by atoms with Crippen molar-refractivity contribution in [3.05, 3.63) is 71.3 Å². The minimum atomic E-state index is -0.118. The summed E-state index contributed by atoms with van der Waals surface area (Å²) in [6.07, 6.45) is 1.82. The van der Waals surface area contributed by atoms with Gasteiger partial charge in [-0.2, -0.15) is 0 Å². The Hall–Kier alpha value is -2.70. The molecule has 0 aliphatic carbocycles. The van der Waals surface area contributed by atoms with Crippen LogP contribution in [0.3, 0.4) is 0 Å². The van der Waals surface area contributed by atoms with E-state index < -0.39 is 0 Å². The number of rotatable bonds is 9. The highest BCUT2D eigenvalue weighted by Gasteiger charge is 2.11. The fourth-order valence-corrected chi connectivity index (χ4v) is 3.27. The summed E-state index contributed by atoms with van der Waals surface area (Å²) < 4.78 is 5.32. The molecule has 0 aromatic heterocycles. The second kappa shape index (κ2) is 11.3. The monoisotopic (exact) mass is 395 g/mol. The third-order valence-corrected chi connectivity index (χ3v) is 5.00. The maximum absolute atomic E-state index is 12.3. The van der Waals surface area contributed by atoms with E-state index in [1.54, 1.807) is 24.3 Å². The molecule has 1 aliphatic rings. The third-order valence-electron chi connectivity index (χ3n) is 5.00. The lowest BCUT2D eigenvalue weighted by Gasteiger charge is -2.26. The van der Waals surface area contributed by atoms with E-state index in [0.29, 0.717) is 24.2 Å². The topological polar surface area (TPSA) is 70.7 Å². The van der Waals surface area contributed by atoms with E-state index >= 15 is 0 Å². The van der Waals surface area contributed by atoms with Gasteiger partial charge in [-0.25, -0.2) is 0 Å². The van der Waals surface area contributed by atoms with Crippen LogP contribution in [0, 0.1) is 0 Å². The zero-order chi connectivity index (χ0) is 20.3. The Morgan fingerprint density at radius 3 is 2.03 bits per heavy atom. The van der Waals surface area contributed by atoms with Crippen molar-refractivity contribution in [1.29, 1.82) is 0 Å². The van der Waals surface area contributed by atoms with Gasteiger partial charge < -0.3 is 15.4 Å². The zero-order valence-electron chi connectivity index (χ0n) is 16.7. The van der Waals surface area contributed by atoms with Gasteiger partial charge in [0.05, 0.1) is 13.2 Å². The summed E-state index contributed by atoms with van der Waals surface area (Å²) >= 11 is 0. The second-order valence-corrected chi connectivity index (χ2v) is 7.13. The average molecular weight is 396 g/mol. The predicted molar refractivity (Wildman–Crippen MR) is 113 cm³/mol. The van der Waals surface area contributed by atoms with Crippen LogP contribution in [-0.4, -0.2) is 62.7 Å². The quantitative estimate of drug-likeness (QED) is 0.638. The van der Waals surface area contributed by atoms with Crippen molar-refractivity contribution in [3.8, 4) is 0 Å². The number of nitrogens with zero attached hydrogens (tertiary/aromatic N) is 1. The van der Waals surface area contributed by atoms with Gasteiger partial charge in [0.25, 0.3) is 11.8 Å². The number of amides is 2. The molecule has 0 radical (unpaired) electrons. The van der Waals surface area contributed by atoms with Crippen molar-refractivity contribution in [2.45, 2.75) is 12.8 Å². The van der Waals surface area contributed by atoms with Crippen LogP contribution < -0.4 is 10.6 Å². The van der Waals surface area contributed by atoms with E-state index in [4.69, 9.17) is 4.74 Å². The second-order valence-electron chi connectivity index (χ2n) is 7.13. The fourth-order valence-electron chi connectivity index (χ4n) is 3.27. The lowest BCUT2D eigenvalue weighted by molar-refractivity contribution is 0.0383. The van der Waals surface area contributed by atoms with Crippen molar-refractivity contribution < 1.29 is 14.3 Å². The van der Waals surface area contributed by atoms with Gasteiger partial charge in [-0.1, -0.05) is 30.3 Å². The van der Waals surface area contributed by atoms with Crippen LogP contribution in [0.5, 0.6) is 0 Å². The van der Waals surface area contributed by atoms with Gasteiger partial charge >= 0.3 is 0 Å². The lowest BCUT2D eigenvalue weighted by Crippen LogP contribution is -2.41. The predicted octanol–water partition coefficient (Wildman–Crippen LogP) is 2.11. The van der Waals surface area contributed by atoms with Gasteiger partial charge in [0.2, 0.25) is 0 Å². The SMILES string of the molecule is O=C(NCCCc1ccccc1)c1ccc(C(=O)NCCN2CCOCC2)cc1. The van der Waals surface area contributed by atoms with Crippen LogP contribution in [-0.2, 0) is 11.2 Å². The molecule has 0 spiro atoms. The molecule has 0 unspecified atom stereocenters. The van der Waals surface area contributed by atoms with E-state index in [9.17, 15) is 9.59 Å². The molecule has 3 rings (SSSR count). The number of nitrogens with one attached hydrogen (secondary N) is 2. The largest absolute Gasteiger partial charge is 0.379 e. The highest BCUT2D eigenvalue weighted by molar-refractivity contribution is 5.97. The van der Waals surface area contributed by atoms with Crippen LogP contribution in [0.25, 0.3) is 0 Å². The van der Waals surface area contributed by atoms with E-state index in [1.807, 2.05) is 18.2 Å². The first-order chi connectivity index (χ1) is 14.2. The number of benzene rings is 2. The van der Waals surface area contributed by atoms with Crippen LogP contribution in [0.4, 0.5) is 0 Å². The molecule has 154 valence electrons. The highest BCUT2D eigenvalue weighted by Crippen LogP contribution is 2.06. The molecule has 2 aromatic carbocycles. The van der Waals surface area contributed by atoms with Gasteiger partial charge in [0, 0.05) is 43.9 Å². The van der Waals surface area contributed by atoms with Gasteiger partial charge in [0.1, 0.15) is 0 Å². The van der Waals surface area contributed by atoms with Gasteiger partial charge in [-0.05, 0) is 42.7 Å². The summed E-state index contributed by atoms with van der Waals surface area (Å²) in [7, 11) is 0. The first kappa shape index (κ1) is 21.0. The van der Waals surface area contributed by atoms with Crippen LogP contribution in [0.2, 0.25) is 0 Å². The molecule has 0 saturated carbocycles. The molecule has 1 heterocycles. The van der Waals surface area contributed by atoms with Crippen molar-refractivity contribution in [3.63, 3.8) is 0 Å². The Morgan fingerprint density at radius 1 is 0.828 bits per heavy atom. The number of hydrogen-bond acceptors (Lipinski definition) is 4. The van der Waals surface area contributed by atoms with Crippen molar-refractivity contribution in [2.75, 3.05) is 45.9 Å². The first-order valence-electron chi connectivity index (χ1n) is 10.2. The van der Waals surface area contributed by atoms with Crippen molar-refractivity contribution >= 4 is 11.8 Å². The summed E-state index contributed by atoms with van der Waals surface area (Å²) in [6, 6.07) is 17.0. The van der Waals surface area contributed by atoms with Crippen LogP contribution in [0.15, 0.2) is 54.6 Å². The Balaban J connectivity index is 1.36. The zero-order valence-corrected chi connectivity index (χ0v) is 16.7. The summed E-state index contributed by atoms with van der Waals surface area (Å²) in [5.41, 5.74) is 2.40. The Labute approximate surface area is 172 Å². The summed E-state index contributed by atoms with van der Waals surface area (Å²) in [6.45, 7) is 5.36. The number of carbonyl (C=O) groups is 2. The van der Waals surface area contributed by atoms with Gasteiger partial charge in [-0.3, -0.25) is 14.5 Å². The first-order valence-corrected chi connectivity index (χ1v) is 10.2. The van der Waals surface area contributed by atoms with E-state index in [1.165, 1.54) is 5.56 Å². The van der Waals surface area contributed by atoms with Gasteiger partial charge in [0.15, 0.2) is 0 Å². The molecular weight excluding hydrogens is 366 g/mol. The third kappa shape index (κ3) is 7.00. The normalized spacial score (nSPS) is 14.3. The molecule has 2 amide bonds. The highest BCUT2D eigenvalue weighted by atomic mass is 16.5. The molecule has 6 nitrogen and oxygen atoms in total. The van der Waals surface area contributed by atoms with Crippen molar-refractivity contribution in [1.82, 2.24) is 15.5 Å². The minimum Gasteiger partial charge on any atom is -0.379 e. The molecule has 2 aromatic rings. The maximum Gasteiger partial charge on any atom is 0.251 e. The number of hydrogen-bond donors (Lipinski definition) is 2. The summed E-state index contributed by atoms with van der Waals surface area (Å²) in [5, 5.41) is 5.86. The molecule has 1 aliphatic heterocycles. The maximum atomic E-state index is 12.3. The molecule has 2 N–H and O–H groups in total. The van der Waals surface area contributed by atoms with E-state index in [2.05, 4.69) is 27.7 Å². The minimum absolute atomic E-state index is 0.114. The van der Waals surface area contributed by atoms with E-state index in [0.717, 1.165) is 45.7 Å². The van der Waals surface area contributed by atoms with Crippen molar-refractivity contribution in [2.24, 2.45) is 0 Å². The number of aryl methyl sites for hydroxylation is 1. The standard InChI is InChI=1S/C23H29N3O3/c27-22(24-12-4-7-19-5-2-1-3-6-19)20-8-10-21(11-9-20)23(28)25-13-14-26-15-17-29-18-16-26/h1-3,5-6,8-11H,4,7,12-18H2,(H,24,27)(H,25,28).